The van der Waals surface area contributed by atoms with Crippen LogP contribution in [0.25, 0.3) is 10.6 Å². The molecule has 0 bridgehead atoms. The number of halogens is 1. The maximum atomic E-state index is 13.2. The standard InChI is InChI=1S/C23H25ClN4O3S/c1-4-15(2)28(22(30)18-7-5-6-8-19(18)31-3)14-13-20(29)25-23-27-26-21(32-23)16-9-11-17(24)12-10-16/h5-12,15H,4,13-14H2,1-3H3,(H,25,27,29). The number of hydrogen-bond donors (Lipinski definition) is 1. The number of aromatic nitrogens is 2. The minimum atomic E-state index is -0.232. The van der Waals surface area contributed by atoms with Gasteiger partial charge in [0.15, 0.2) is 0 Å². The van der Waals surface area contributed by atoms with Crippen LogP contribution < -0.4 is 10.1 Å². The van der Waals surface area contributed by atoms with Crippen LogP contribution in [0, 0.1) is 0 Å². The highest BCUT2D eigenvalue weighted by atomic mass is 35.5. The minimum absolute atomic E-state index is 0.0294. The molecule has 0 saturated heterocycles. The van der Waals surface area contributed by atoms with Crippen molar-refractivity contribution in [2.24, 2.45) is 0 Å². The van der Waals surface area contributed by atoms with Gasteiger partial charge in [-0.2, -0.15) is 0 Å². The molecule has 0 aliphatic carbocycles. The van der Waals surface area contributed by atoms with Crippen molar-refractivity contribution < 1.29 is 14.3 Å². The lowest BCUT2D eigenvalue weighted by atomic mass is 10.1. The van der Waals surface area contributed by atoms with Gasteiger partial charge in [-0.1, -0.05) is 54.1 Å². The van der Waals surface area contributed by atoms with Gasteiger partial charge in [0.25, 0.3) is 5.91 Å². The predicted octanol–water partition coefficient (Wildman–Crippen LogP) is 5.14. The van der Waals surface area contributed by atoms with Crippen LogP contribution in [0.15, 0.2) is 48.5 Å². The molecule has 168 valence electrons. The zero-order valence-electron chi connectivity index (χ0n) is 18.2. The number of ether oxygens (including phenoxy) is 1. The Morgan fingerprint density at radius 2 is 1.88 bits per heavy atom. The van der Waals surface area contributed by atoms with Crippen LogP contribution in [-0.4, -0.2) is 46.6 Å². The Morgan fingerprint density at radius 3 is 2.56 bits per heavy atom. The molecule has 3 aromatic rings. The van der Waals surface area contributed by atoms with Gasteiger partial charge in [-0.3, -0.25) is 9.59 Å². The number of carbonyl (C=O) groups is 2. The van der Waals surface area contributed by atoms with Crippen molar-refractivity contribution in [1.29, 1.82) is 0 Å². The van der Waals surface area contributed by atoms with E-state index in [-0.39, 0.29) is 30.8 Å². The lowest BCUT2D eigenvalue weighted by Gasteiger charge is -2.29. The molecule has 0 aliphatic heterocycles. The molecule has 2 amide bonds. The lowest BCUT2D eigenvalue weighted by molar-refractivity contribution is -0.116. The monoisotopic (exact) mass is 472 g/mol. The molecule has 1 N–H and O–H groups in total. The Morgan fingerprint density at radius 1 is 1.16 bits per heavy atom. The first-order valence-corrected chi connectivity index (χ1v) is 11.5. The van der Waals surface area contributed by atoms with Gasteiger partial charge in [-0.05, 0) is 37.6 Å². The molecular weight excluding hydrogens is 448 g/mol. The average Bonchev–Trinajstić information content (AvgIpc) is 3.27. The van der Waals surface area contributed by atoms with Crippen LogP contribution in [0.1, 0.15) is 37.0 Å². The number of rotatable bonds is 9. The molecule has 0 saturated carbocycles. The highest BCUT2D eigenvalue weighted by Crippen LogP contribution is 2.27. The van der Waals surface area contributed by atoms with Gasteiger partial charge in [-0.15, -0.1) is 10.2 Å². The maximum Gasteiger partial charge on any atom is 0.257 e. The first-order valence-electron chi connectivity index (χ1n) is 10.3. The fourth-order valence-corrected chi connectivity index (χ4v) is 4.00. The number of methoxy groups -OCH3 is 1. The minimum Gasteiger partial charge on any atom is -0.496 e. The van der Waals surface area contributed by atoms with E-state index >= 15 is 0 Å². The van der Waals surface area contributed by atoms with Gasteiger partial charge < -0.3 is 15.0 Å². The van der Waals surface area contributed by atoms with Crippen molar-refractivity contribution in [3.05, 3.63) is 59.1 Å². The number of anilines is 1. The van der Waals surface area contributed by atoms with Gasteiger partial charge in [0.2, 0.25) is 11.0 Å². The average molecular weight is 473 g/mol. The molecular formula is C23H25ClN4O3S. The summed E-state index contributed by atoms with van der Waals surface area (Å²) >= 11 is 7.20. The van der Waals surface area contributed by atoms with Crippen molar-refractivity contribution in [2.75, 3.05) is 19.0 Å². The molecule has 0 aliphatic rings. The predicted molar refractivity (Wildman–Crippen MR) is 127 cm³/mol. The van der Waals surface area contributed by atoms with E-state index in [4.69, 9.17) is 16.3 Å². The number of benzene rings is 2. The molecule has 1 unspecified atom stereocenters. The van der Waals surface area contributed by atoms with Gasteiger partial charge in [0.05, 0.1) is 12.7 Å². The third kappa shape index (κ3) is 5.83. The van der Waals surface area contributed by atoms with Crippen molar-refractivity contribution in [3.8, 4) is 16.3 Å². The molecule has 9 heteroatoms. The summed E-state index contributed by atoms with van der Waals surface area (Å²) in [5.41, 5.74) is 1.35. The Kier molecular flexibility index (Phi) is 8.19. The van der Waals surface area contributed by atoms with Crippen LogP contribution in [0.2, 0.25) is 5.02 Å². The number of carbonyl (C=O) groups excluding carboxylic acids is 2. The van der Waals surface area contributed by atoms with E-state index in [1.807, 2.05) is 32.0 Å². The van der Waals surface area contributed by atoms with Crippen LogP contribution in [0.3, 0.4) is 0 Å². The van der Waals surface area contributed by atoms with Gasteiger partial charge in [-0.25, -0.2) is 0 Å². The zero-order valence-corrected chi connectivity index (χ0v) is 19.7. The summed E-state index contributed by atoms with van der Waals surface area (Å²) in [4.78, 5) is 27.4. The Balaban J connectivity index is 1.64. The van der Waals surface area contributed by atoms with Crippen LogP contribution in [0.5, 0.6) is 5.75 Å². The first-order chi connectivity index (χ1) is 15.4. The largest absolute Gasteiger partial charge is 0.496 e. The molecule has 2 aromatic carbocycles. The SMILES string of the molecule is CCC(C)N(CCC(=O)Nc1nnc(-c2ccc(Cl)cc2)s1)C(=O)c1ccccc1OC. The Labute approximate surface area is 196 Å². The number of nitrogens with zero attached hydrogens (tertiary/aromatic N) is 3. The maximum absolute atomic E-state index is 13.2. The van der Waals surface area contributed by atoms with Crippen LogP contribution in [-0.2, 0) is 4.79 Å². The fraction of sp³-hybridized carbons (Fsp3) is 0.304. The van der Waals surface area contributed by atoms with E-state index < -0.39 is 0 Å². The van der Waals surface area contributed by atoms with Crippen LogP contribution >= 0.6 is 22.9 Å². The topological polar surface area (TPSA) is 84.4 Å². The highest BCUT2D eigenvalue weighted by Gasteiger charge is 2.24. The highest BCUT2D eigenvalue weighted by molar-refractivity contribution is 7.18. The molecule has 1 aromatic heterocycles. The molecule has 32 heavy (non-hydrogen) atoms. The van der Waals surface area contributed by atoms with Crippen molar-refractivity contribution in [1.82, 2.24) is 15.1 Å². The summed E-state index contributed by atoms with van der Waals surface area (Å²) in [6, 6.07) is 14.3. The van der Waals surface area contributed by atoms with Gasteiger partial charge >= 0.3 is 0 Å². The fourth-order valence-electron chi connectivity index (χ4n) is 3.11. The van der Waals surface area contributed by atoms with E-state index in [9.17, 15) is 9.59 Å². The summed E-state index contributed by atoms with van der Waals surface area (Å²) in [5, 5.41) is 12.7. The van der Waals surface area contributed by atoms with Gasteiger partial charge in [0.1, 0.15) is 10.8 Å². The van der Waals surface area contributed by atoms with E-state index in [0.29, 0.717) is 26.5 Å². The molecule has 0 radical (unpaired) electrons. The summed E-state index contributed by atoms with van der Waals surface area (Å²) in [6.45, 7) is 4.25. The van der Waals surface area contributed by atoms with Gasteiger partial charge in [0, 0.05) is 29.6 Å². The number of amides is 2. The molecule has 1 heterocycles. The number of nitrogens with one attached hydrogen (secondary N) is 1. The quantitative estimate of drug-likeness (QED) is 0.466. The third-order valence-corrected chi connectivity index (χ3v) is 6.20. The summed E-state index contributed by atoms with van der Waals surface area (Å²) in [5.74, 6) is 0.120. The molecule has 0 fully saturated rings. The summed E-state index contributed by atoms with van der Waals surface area (Å²) in [7, 11) is 1.54. The third-order valence-electron chi connectivity index (χ3n) is 5.06. The van der Waals surface area contributed by atoms with Crippen molar-refractivity contribution in [3.63, 3.8) is 0 Å². The summed E-state index contributed by atoms with van der Waals surface area (Å²) < 4.78 is 5.33. The smallest absolute Gasteiger partial charge is 0.257 e. The van der Waals surface area contributed by atoms with E-state index in [0.717, 1.165) is 12.0 Å². The second-order valence-corrected chi connectivity index (χ2v) is 8.59. The van der Waals surface area contributed by atoms with Crippen molar-refractivity contribution >= 4 is 39.9 Å². The zero-order chi connectivity index (χ0) is 23.1. The Bertz CT molecular complexity index is 1070. The van der Waals surface area contributed by atoms with E-state index in [1.165, 1.54) is 18.4 Å². The van der Waals surface area contributed by atoms with Crippen LogP contribution in [0.4, 0.5) is 5.13 Å². The second-order valence-electron chi connectivity index (χ2n) is 7.17. The van der Waals surface area contributed by atoms with E-state index in [2.05, 4.69) is 15.5 Å². The lowest BCUT2D eigenvalue weighted by Crippen LogP contribution is -2.40. The molecule has 1 atom stereocenters. The van der Waals surface area contributed by atoms with Crippen molar-refractivity contribution in [2.45, 2.75) is 32.7 Å². The Hall–Kier alpha value is -2.97. The summed E-state index contributed by atoms with van der Waals surface area (Å²) in [6.07, 6.45) is 0.907. The second kappa shape index (κ2) is 11.1. The number of hydrogen-bond acceptors (Lipinski definition) is 6. The molecule has 7 nitrogen and oxygen atoms in total. The molecule has 0 spiro atoms. The number of para-hydroxylation sites is 1. The van der Waals surface area contributed by atoms with E-state index in [1.54, 1.807) is 35.2 Å². The normalized spacial score (nSPS) is 11.6. The molecule has 3 rings (SSSR count). The first kappa shape index (κ1) is 23.7.